The molecule has 0 spiro atoms. The van der Waals surface area contributed by atoms with E-state index in [9.17, 15) is 4.79 Å². The number of rotatable bonds is 7. The fraction of sp³-hybridized carbons (Fsp3) is 0.417. The number of hydrogen-bond donors (Lipinski definition) is 2. The van der Waals surface area contributed by atoms with E-state index in [4.69, 9.17) is 4.74 Å². The Morgan fingerprint density at radius 1 is 1.31 bits per heavy atom. The van der Waals surface area contributed by atoms with Crippen LogP contribution >= 0.6 is 12.6 Å². The number of para-hydroxylation sites is 1. The third-order valence-corrected chi connectivity index (χ3v) is 2.22. The van der Waals surface area contributed by atoms with Crippen molar-refractivity contribution in [3.05, 3.63) is 30.3 Å². The van der Waals surface area contributed by atoms with E-state index in [1.807, 2.05) is 30.3 Å². The van der Waals surface area contributed by atoms with Crippen molar-refractivity contribution in [2.24, 2.45) is 0 Å². The summed E-state index contributed by atoms with van der Waals surface area (Å²) in [5, 5.41) is 2.76. The number of thiol groups is 1. The lowest BCUT2D eigenvalue weighted by Gasteiger charge is -2.06. The van der Waals surface area contributed by atoms with Gasteiger partial charge in [0.15, 0.2) is 0 Å². The van der Waals surface area contributed by atoms with Gasteiger partial charge in [0.25, 0.3) is 0 Å². The van der Waals surface area contributed by atoms with Crippen LogP contribution in [0.3, 0.4) is 0 Å². The Bertz CT molecular complexity index is 303. The number of ether oxygens (including phenoxy) is 1. The van der Waals surface area contributed by atoms with Gasteiger partial charge in [-0.25, -0.2) is 0 Å². The lowest BCUT2D eigenvalue weighted by atomic mass is 10.3. The highest BCUT2D eigenvalue weighted by Gasteiger charge is 1.99. The van der Waals surface area contributed by atoms with E-state index in [0.29, 0.717) is 25.3 Å². The fourth-order valence-corrected chi connectivity index (χ4v) is 1.33. The van der Waals surface area contributed by atoms with Crippen LogP contribution in [-0.2, 0) is 4.79 Å². The van der Waals surface area contributed by atoms with E-state index in [-0.39, 0.29) is 5.91 Å². The van der Waals surface area contributed by atoms with E-state index >= 15 is 0 Å². The molecule has 3 nitrogen and oxygen atoms in total. The molecule has 0 bridgehead atoms. The molecule has 0 aliphatic heterocycles. The second-order valence-electron chi connectivity index (χ2n) is 3.34. The van der Waals surface area contributed by atoms with Crippen LogP contribution in [0.4, 0.5) is 0 Å². The molecule has 0 heterocycles. The minimum Gasteiger partial charge on any atom is -0.494 e. The normalized spacial score (nSPS) is 9.81. The van der Waals surface area contributed by atoms with E-state index in [1.54, 1.807) is 0 Å². The number of benzene rings is 1. The lowest BCUT2D eigenvalue weighted by molar-refractivity contribution is -0.121. The molecule has 0 aromatic heterocycles. The number of amides is 1. The minimum absolute atomic E-state index is 0.0608. The summed E-state index contributed by atoms with van der Waals surface area (Å²) in [5.41, 5.74) is 0. The van der Waals surface area contributed by atoms with Gasteiger partial charge in [-0.1, -0.05) is 18.2 Å². The molecule has 0 atom stereocenters. The first-order chi connectivity index (χ1) is 7.83. The molecular formula is C12H17NO2S. The number of hydrogen-bond acceptors (Lipinski definition) is 3. The zero-order chi connectivity index (χ0) is 11.6. The summed E-state index contributed by atoms with van der Waals surface area (Å²) < 4.78 is 5.47. The molecule has 4 heteroatoms. The van der Waals surface area contributed by atoms with Crippen LogP contribution in [0.5, 0.6) is 5.75 Å². The van der Waals surface area contributed by atoms with Crippen molar-refractivity contribution in [2.45, 2.75) is 12.8 Å². The van der Waals surface area contributed by atoms with Crippen LogP contribution in [0.2, 0.25) is 0 Å². The monoisotopic (exact) mass is 239 g/mol. The second kappa shape index (κ2) is 8.05. The average Bonchev–Trinajstić information content (AvgIpc) is 2.33. The van der Waals surface area contributed by atoms with Crippen molar-refractivity contribution < 1.29 is 9.53 Å². The van der Waals surface area contributed by atoms with Crippen molar-refractivity contribution >= 4 is 18.5 Å². The number of carbonyl (C=O) groups is 1. The van der Waals surface area contributed by atoms with E-state index in [2.05, 4.69) is 17.9 Å². The molecule has 1 aromatic rings. The van der Waals surface area contributed by atoms with Crippen molar-refractivity contribution in [3.8, 4) is 5.75 Å². The van der Waals surface area contributed by atoms with Gasteiger partial charge >= 0.3 is 0 Å². The maximum absolute atomic E-state index is 11.2. The Balaban J connectivity index is 2.06. The minimum atomic E-state index is 0.0608. The molecule has 1 N–H and O–H groups in total. The molecule has 0 fully saturated rings. The van der Waals surface area contributed by atoms with Crippen LogP contribution in [0, 0.1) is 0 Å². The van der Waals surface area contributed by atoms with Crippen LogP contribution in [0.15, 0.2) is 30.3 Å². The van der Waals surface area contributed by atoms with Gasteiger partial charge in [0.05, 0.1) is 6.61 Å². The molecule has 1 rings (SSSR count). The Hall–Kier alpha value is -1.16. The van der Waals surface area contributed by atoms with Gasteiger partial charge in [0.1, 0.15) is 5.75 Å². The van der Waals surface area contributed by atoms with Gasteiger partial charge in [0.2, 0.25) is 5.91 Å². The topological polar surface area (TPSA) is 38.3 Å². The van der Waals surface area contributed by atoms with Crippen LogP contribution in [0.1, 0.15) is 12.8 Å². The van der Waals surface area contributed by atoms with Gasteiger partial charge in [0, 0.05) is 18.7 Å². The van der Waals surface area contributed by atoms with Crippen LogP contribution < -0.4 is 10.1 Å². The summed E-state index contributed by atoms with van der Waals surface area (Å²) >= 11 is 4.01. The molecule has 0 saturated carbocycles. The van der Waals surface area contributed by atoms with E-state index < -0.39 is 0 Å². The highest BCUT2D eigenvalue weighted by atomic mass is 32.1. The first-order valence-electron chi connectivity index (χ1n) is 5.38. The Labute approximate surface area is 102 Å². The summed E-state index contributed by atoms with van der Waals surface area (Å²) in [4.78, 5) is 11.2. The molecule has 88 valence electrons. The van der Waals surface area contributed by atoms with Gasteiger partial charge < -0.3 is 10.1 Å². The highest BCUT2D eigenvalue weighted by molar-refractivity contribution is 7.80. The van der Waals surface area contributed by atoms with Crippen molar-refractivity contribution in [2.75, 3.05) is 18.9 Å². The van der Waals surface area contributed by atoms with Crippen LogP contribution in [-0.4, -0.2) is 24.8 Å². The maximum atomic E-state index is 11.2. The summed E-state index contributed by atoms with van der Waals surface area (Å²) in [7, 11) is 0. The molecule has 16 heavy (non-hydrogen) atoms. The third-order valence-electron chi connectivity index (χ3n) is 1.99. The number of carbonyl (C=O) groups excluding carboxylic acids is 1. The predicted molar refractivity (Wildman–Crippen MR) is 68.0 cm³/mol. The summed E-state index contributed by atoms with van der Waals surface area (Å²) in [6, 6.07) is 9.60. The maximum Gasteiger partial charge on any atom is 0.220 e. The van der Waals surface area contributed by atoms with Gasteiger partial charge in [-0.05, 0) is 18.6 Å². The van der Waals surface area contributed by atoms with E-state index in [0.717, 1.165) is 12.2 Å². The zero-order valence-corrected chi connectivity index (χ0v) is 10.1. The Morgan fingerprint density at radius 3 is 2.75 bits per heavy atom. The molecule has 0 aliphatic carbocycles. The van der Waals surface area contributed by atoms with Gasteiger partial charge in [-0.15, -0.1) is 0 Å². The Kier molecular flexibility index (Phi) is 6.49. The molecule has 0 saturated heterocycles. The molecule has 1 amide bonds. The van der Waals surface area contributed by atoms with Gasteiger partial charge in [-0.2, -0.15) is 12.6 Å². The van der Waals surface area contributed by atoms with Gasteiger partial charge in [-0.3, -0.25) is 4.79 Å². The largest absolute Gasteiger partial charge is 0.494 e. The van der Waals surface area contributed by atoms with Crippen LogP contribution in [0.25, 0.3) is 0 Å². The highest BCUT2D eigenvalue weighted by Crippen LogP contribution is 2.08. The SMILES string of the molecule is O=C(CCCOc1ccccc1)NCCS. The standard InChI is InChI=1S/C12H17NO2S/c14-12(13-8-10-16)7-4-9-15-11-5-2-1-3-6-11/h1-3,5-6,16H,4,7-10H2,(H,13,14). The lowest BCUT2D eigenvalue weighted by Crippen LogP contribution is -2.25. The first-order valence-corrected chi connectivity index (χ1v) is 6.01. The molecule has 0 unspecified atom stereocenters. The Morgan fingerprint density at radius 2 is 2.06 bits per heavy atom. The predicted octanol–water partition coefficient (Wildman–Crippen LogP) is 1.89. The molecule has 1 aromatic carbocycles. The first kappa shape index (κ1) is 12.9. The quantitative estimate of drug-likeness (QED) is 0.563. The fourth-order valence-electron chi connectivity index (χ4n) is 1.22. The van der Waals surface area contributed by atoms with E-state index in [1.165, 1.54) is 0 Å². The summed E-state index contributed by atoms with van der Waals surface area (Å²) in [6.07, 6.45) is 1.23. The smallest absolute Gasteiger partial charge is 0.220 e. The van der Waals surface area contributed by atoms with Crippen molar-refractivity contribution in [1.82, 2.24) is 5.32 Å². The van der Waals surface area contributed by atoms with Crippen molar-refractivity contribution in [1.29, 1.82) is 0 Å². The summed E-state index contributed by atoms with van der Waals surface area (Å²) in [5.74, 6) is 1.58. The second-order valence-corrected chi connectivity index (χ2v) is 3.79. The van der Waals surface area contributed by atoms with Crippen molar-refractivity contribution in [3.63, 3.8) is 0 Å². The molecular weight excluding hydrogens is 222 g/mol. The zero-order valence-electron chi connectivity index (χ0n) is 9.19. The molecule has 0 radical (unpaired) electrons. The molecule has 0 aliphatic rings. The number of nitrogens with one attached hydrogen (secondary N) is 1. The average molecular weight is 239 g/mol. The third kappa shape index (κ3) is 5.66. The summed E-state index contributed by atoms with van der Waals surface area (Å²) in [6.45, 7) is 1.19.